The molecule has 3 unspecified atom stereocenters. The summed E-state index contributed by atoms with van der Waals surface area (Å²) < 4.78 is 5.07. The maximum Gasteiger partial charge on any atom is 0.306 e. The zero-order valence-electron chi connectivity index (χ0n) is 10.3. The van der Waals surface area contributed by atoms with E-state index >= 15 is 0 Å². The Balaban J connectivity index is 2.87. The van der Waals surface area contributed by atoms with Crippen molar-refractivity contribution in [2.24, 2.45) is 11.8 Å². The number of benzene rings is 1. The van der Waals surface area contributed by atoms with Crippen molar-refractivity contribution in [1.82, 2.24) is 0 Å². The van der Waals surface area contributed by atoms with Crippen LogP contribution in [0.2, 0.25) is 0 Å². The zero-order chi connectivity index (χ0) is 13.0. The first kappa shape index (κ1) is 13.5. The van der Waals surface area contributed by atoms with Crippen LogP contribution in [0.25, 0.3) is 0 Å². The molecule has 1 rings (SSSR count). The standard InChI is InChI=1S/C13H18O4/c1-8(9(2)13(15)16)12(14)10-5-4-6-11(7-10)17-3/h4-9,12,14H,1-3H3,(H,15,16). The molecule has 1 aromatic carbocycles. The minimum Gasteiger partial charge on any atom is -0.497 e. The molecule has 4 nitrogen and oxygen atoms in total. The maximum absolute atomic E-state index is 10.9. The maximum atomic E-state index is 10.9. The van der Waals surface area contributed by atoms with Crippen molar-refractivity contribution in [2.75, 3.05) is 7.11 Å². The van der Waals surface area contributed by atoms with Gasteiger partial charge < -0.3 is 14.9 Å². The van der Waals surface area contributed by atoms with Gasteiger partial charge in [-0.05, 0) is 23.6 Å². The second kappa shape index (κ2) is 5.68. The number of ether oxygens (including phenoxy) is 1. The van der Waals surface area contributed by atoms with Crippen LogP contribution in [0, 0.1) is 11.8 Å². The highest BCUT2D eigenvalue weighted by Gasteiger charge is 2.27. The fourth-order valence-corrected chi connectivity index (χ4v) is 1.63. The molecule has 0 spiro atoms. The van der Waals surface area contributed by atoms with Crippen molar-refractivity contribution in [3.63, 3.8) is 0 Å². The molecule has 0 heterocycles. The van der Waals surface area contributed by atoms with E-state index in [-0.39, 0.29) is 5.92 Å². The molecule has 0 radical (unpaired) electrons. The highest BCUT2D eigenvalue weighted by Crippen LogP contribution is 2.29. The van der Waals surface area contributed by atoms with Crippen molar-refractivity contribution in [2.45, 2.75) is 20.0 Å². The number of aliphatic hydroxyl groups is 1. The zero-order valence-corrected chi connectivity index (χ0v) is 10.3. The van der Waals surface area contributed by atoms with Crippen LogP contribution < -0.4 is 4.74 Å². The SMILES string of the molecule is COc1cccc(C(O)C(C)C(C)C(=O)O)c1. The van der Waals surface area contributed by atoms with Crippen LogP contribution in [0.15, 0.2) is 24.3 Å². The predicted molar refractivity (Wildman–Crippen MR) is 63.9 cm³/mol. The monoisotopic (exact) mass is 238 g/mol. The molecule has 3 atom stereocenters. The third kappa shape index (κ3) is 3.20. The number of carbonyl (C=O) groups is 1. The largest absolute Gasteiger partial charge is 0.497 e. The first-order valence-electron chi connectivity index (χ1n) is 5.52. The molecular weight excluding hydrogens is 220 g/mol. The molecule has 0 aromatic heterocycles. The van der Waals surface area contributed by atoms with Crippen molar-refractivity contribution in [3.05, 3.63) is 29.8 Å². The van der Waals surface area contributed by atoms with Gasteiger partial charge in [0.15, 0.2) is 0 Å². The van der Waals surface area contributed by atoms with Crippen molar-refractivity contribution in [3.8, 4) is 5.75 Å². The number of hydrogen-bond donors (Lipinski definition) is 2. The van der Waals surface area contributed by atoms with E-state index < -0.39 is 18.0 Å². The lowest BCUT2D eigenvalue weighted by molar-refractivity contribution is -0.144. The highest BCUT2D eigenvalue weighted by atomic mass is 16.5. The number of aliphatic hydroxyl groups excluding tert-OH is 1. The summed E-state index contributed by atoms with van der Waals surface area (Å²) in [6.07, 6.45) is -0.809. The van der Waals surface area contributed by atoms with E-state index in [1.54, 1.807) is 45.2 Å². The summed E-state index contributed by atoms with van der Waals surface area (Å²) in [5.74, 6) is -1.22. The fraction of sp³-hybridized carbons (Fsp3) is 0.462. The van der Waals surface area contributed by atoms with Gasteiger partial charge in [-0.25, -0.2) is 0 Å². The molecule has 0 aliphatic carbocycles. The summed E-state index contributed by atoms with van der Waals surface area (Å²) in [5.41, 5.74) is 0.671. The summed E-state index contributed by atoms with van der Waals surface area (Å²) in [6.45, 7) is 3.32. The van der Waals surface area contributed by atoms with E-state index in [2.05, 4.69) is 0 Å². The highest BCUT2D eigenvalue weighted by molar-refractivity contribution is 5.69. The number of carboxylic acids is 1. The summed E-state index contributed by atoms with van der Waals surface area (Å²) in [6, 6.07) is 7.03. The number of hydrogen-bond acceptors (Lipinski definition) is 3. The van der Waals surface area contributed by atoms with E-state index in [4.69, 9.17) is 9.84 Å². The number of rotatable bonds is 5. The smallest absolute Gasteiger partial charge is 0.306 e. The lowest BCUT2D eigenvalue weighted by Crippen LogP contribution is -2.23. The molecule has 17 heavy (non-hydrogen) atoms. The molecule has 0 saturated heterocycles. The van der Waals surface area contributed by atoms with Gasteiger partial charge >= 0.3 is 5.97 Å². The van der Waals surface area contributed by atoms with Crippen LogP contribution in [0.3, 0.4) is 0 Å². The van der Waals surface area contributed by atoms with E-state index in [1.165, 1.54) is 0 Å². The minimum absolute atomic E-state index is 0.361. The number of carboxylic acid groups (broad SMARTS) is 1. The molecule has 2 N–H and O–H groups in total. The summed E-state index contributed by atoms with van der Waals surface area (Å²) in [5, 5.41) is 19.0. The van der Waals surface area contributed by atoms with Crippen LogP contribution in [0.4, 0.5) is 0 Å². The molecule has 4 heteroatoms. The third-order valence-electron chi connectivity index (χ3n) is 3.11. The summed E-state index contributed by atoms with van der Waals surface area (Å²) >= 11 is 0. The van der Waals surface area contributed by atoms with E-state index in [0.717, 1.165) is 0 Å². The normalized spacial score (nSPS) is 16.0. The molecule has 0 bridgehead atoms. The Morgan fingerprint density at radius 2 is 2.00 bits per heavy atom. The average molecular weight is 238 g/mol. The first-order chi connectivity index (χ1) is 7.97. The van der Waals surface area contributed by atoms with Crippen LogP contribution >= 0.6 is 0 Å². The third-order valence-corrected chi connectivity index (χ3v) is 3.11. The van der Waals surface area contributed by atoms with Gasteiger partial charge in [0.2, 0.25) is 0 Å². The molecule has 1 aromatic rings. The summed E-state index contributed by atoms with van der Waals surface area (Å²) in [7, 11) is 1.55. The Morgan fingerprint density at radius 1 is 1.35 bits per heavy atom. The Hall–Kier alpha value is -1.55. The van der Waals surface area contributed by atoms with Crippen molar-refractivity contribution >= 4 is 5.97 Å². The van der Waals surface area contributed by atoms with Crippen LogP contribution in [0.1, 0.15) is 25.5 Å². The topological polar surface area (TPSA) is 66.8 Å². The first-order valence-corrected chi connectivity index (χ1v) is 5.52. The van der Waals surface area contributed by atoms with Gasteiger partial charge in [0, 0.05) is 0 Å². The van der Waals surface area contributed by atoms with Gasteiger partial charge in [0.05, 0.1) is 19.1 Å². The Morgan fingerprint density at radius 3 is 2.53 bits per heavy atom. The van der Waals surface area contributed by atoms with Gasteiger partial charge in [0.1, 0.15) is 5.75 Å². The molecular formula is C13H18O4. The van der Waals surface area contributed by atoms with Crippen LogP contribution in [-0.2, 0) is 4.79 Å². The van der Waals surface area contributed by atoms with Gasteiger partial charge in [-0.1, -0.05) is 26.0 Å². The van der Waals surface area contributed by atoms with Crippen molar-refractivity contribution < 1.29 is 19.7 Å². The lowest BCUT2D eigenvalue weighted by Gasteiger charge is -2.22. The van der Waals surface area contributed by atoms with Crippen molar-refractivity contribution in [1.29, 1.82) is 0 Å². The van der Waals surface area contributed by atoms with Crippen LogP contribution in [0.5, 0.6) is 5.75 Å². The molecule has 0 fully saturated rings. The lowest BCUT2D eigenvalue weighted by atomic mass is 9.87. The van der Waals surface area contributed by atoms with E-state index in [9.17, 15) is 9.90 Å². The second-order valence-corrected chi connectivity index (χ2v) is 4.21. The molecule has 0 aliphatic rings. The van der Waals surface area contributed by atoms with Crippen LogP contribution in [-0.4, -0.2) is 23.3 Å². The predicted octanol–water partition coefficient (Wildman–Crippen LogP) is 2.09. The molecule has 94 valence electrons. The molecule has 0 aliphatic heterocycles. The Bertz CT molecular complexity index is 389. The number of aliphatic carboxylic acids is 1. The Labute approximate surface area is 101 Å². The fourth-order valence-electron chi connectivity index (χ4n) is 1.63. The molecule has 0 amide bonds. The Kier molecular flexibility index (Phi) is 4.52. The van der Waals surface area contributed by atoms with Gasteiger partial charge in [-0.3, -0.25) is 4.79 Å². The second-order valence-electron chi connectivity index (χ2n) is 4.21. The molecule has 0 saturated carbocycles. The van der Waals surface area contributed by atoms with E-state index in [1.807, 2.05) is 0 Å². The van der Waals surface area contributed by atoms with E-state index in [0.29, 0.717) is 11.3 Å². The van der Waals surface area contributed by atoms with Gasteiger partial charge in [-0.15, -0.1) is 0 Å². The average Bonchev–Trinajstić information content (AvgIpc) is 2.36. The number of methoxy groups -OCH3 is 1. The summed E-state index contributed by atoms with van der Waals surface area (Å²) in [4.78, 5) is 10.9. The van der Waals surface area contributed by atoms with Gasteiger partial charge in [0.25, 0.3) is 0 Å². The quantitative estimate of drug-likeness (QED) is 0.824. The van der Waals surface area contributed by atoms with Gasteiger partial charge in [-0.2, -0.15) is 0 Å². The minimum atomic E-state index is -0.903.